The SMILES string of the molecule is CC1CCCC(C(CO)CCNC2CC2)C1. The van der Waals surface area contributed by atoms with E-state index in [1.165, 1.54) is 44.9 Å². The third-order valence-electron chi connectivity index (χ3n) is 4.40. The van der Waals surface area contributed by atoms with E-state index in [0.29, 0.717) is 12.5 Å². The Bertz CT molecular complexity index is 203. The van der Waals surface area contributed by atoms with E-state index < -0.39 is 0 Å². The summed E-state index contributed by atoms with van der Waals surface area (Å²) in [6, 6.07) is 0.810. The van der Waals surface area contributed by atoms with Gasteiger partial charge < -0.3 is 10.4 Å². The predicted octanol–water partition coefficient (Wildman–Crippen LogP) is 2.56. The van der Waals surface area contributed by atoms with Gasteiger partial charge in [-0.25, -0.2) is 0 Å². The molecule has 0 heterocycles. The molecule has 94 valence electrons. The third-order valence-corrected chi connectivity index (χ3v) is 4.40. The lowest BCUT2D eigenvalue weighted by Gasteiger charge is -2.32. The van der Waals surface area contributed by atoms with E-state index in [1.807, 2.05) is 0 Å². The maximum Gasteiger partial charge on any atom is 0.0462 e. The number of aliphatic hydroxyl groups is 1. The van der Waals surface area contributed by atoms with Gasteiger partial charge >= 0.3 is 0 Å². The minimum absolute atomic E-state index is 0.393. The number of rotatable bonds is 6. The number of hydrogen-bond donors (Lipinski definition) is 2. The van der Waals surface area contributed by atoms with Crippen LogP contribution in [-0.4, -0.2) is 24.3 Å². The molecule has 2 saturated carbocycles. The summed E-state index contributed by atoms with van der Waals surface area (Å²) in [7, 11) is 0. The predicted molar refractivity (Wildman–Crippen MR) is 67.3 cm³/mol. The first-order chi connectivity index (χ1) is 7.79. The molecule has 2 fully saturated rings. The molecule has 0 spiro atoms. The maximum atomic E-state index is 9.52. The molecule has 2 aliphatic carbocycles. The third kappa shape index (κ3) is 3.74. The van der Waals surface area contributed by atoms with E-state index in [0.717, 1.165) is 24.4 Å². The molecular formula is C14H27NO. The zero-order chi connectivity index (χ0) is 11.4. The van der Waals surface area contributed by atoms with Crippen molar-refractivity contribution in [3.05, 3.63) is 0 Å². The normalized spacial score (nSPS) is 32.6. The van der Waals surface area contributed by atoms with Crippen LogP contribution in [0.15, 0.2) is 0 Å². The van der Waals surface area contributed by atoms with Crippen molar-refractivity contribution in [2.45, 2.75) is 57.9 Å². The summed E-state index contributed by atoms with van der Waals surface area (Å²) in [4.78, 5) is 0. The Balaban J connectivity index is 1.69. The fourth-order valence-electron chi connectivity index (χ4n) is 3.15. The van der Waals surface area contributed by atoms with Gasteiger partial charge in [-0.05, 0) is 50.0 Å². The van der Waals surface area contributed by atoms with E-state index in [2.05, 4.69) is 12.2 Å². The highest BCUT2D eigenvalue weighted by Gasteiger charge is 2.27. The molecule has 3 atom stereocenters. The lowest BCUT2D eigenvalue weighted by molar-refractivity contribution is 0.123. The molecule has 0 saturated heterocycles. The molecule has 16 heavy (non-hydrogen) atoms. The monoisotopic (exact) mass is 225 g/mol. The van der Waals surface area contributed by atoms with E-state index >= 15 is 0 Å². The maximum absolute atomic E-state index is 9.52. The van der Waals surface area contributed by atoms with Gasteiger partial charge in [0.2, 0.25) is 0 Å². The Hall–Kier alpha value is -0.0800. The van der Waals surface area contributed by atoms with Crippen LogP contribution in [0.5, 0.6) is 0 Å². The first-order valence-electron chi connectivity index (χ1n) is 7.14. The van der Waals surface area contributed by atoms with Crippen molar-refractivity contribution < 1.29 is 5.11 Å². The van der Waals surface area contributed by atoms with E-state index in [-0.39, 0.29) is 0 Å². The number of aliphatic hydroxyl groups excluding tert-OH is 1. The quantitative estimate of drug-likeness (QED) is 0.728. The van der Waals surface area contributed by atoms with Crippen LogP contribution in [0.4, 0.5) is 0 Å². The molecule has 0 amide bonds. The molecule has 2 heteroatoms. The molecule has 0 radical (unpaired) electrons. The van der Waals surface area contributed by atoms with Crippen LogP contribution >= 0.6 is 0 Å². The molecule has 2 aliphatic rings. The van der Waals surface area contributed by atoms with Crippen molar-refractivity contribution in [3.8, 4) is 0 Å². The van der Waals surface area contributed by atoms with E-state index in [9.17, 15) is 5.11 Å². The van der Waals surface area contributed by atoms with Crippen molar-refractivity contribution >= 4 is 0 Å². The van der Waals surface area contributed by atoms with Gasteiger partial charge in [0.05, 0.1) is 0 Å². The number of hydrogen-bond acceptors (Lipinski definition) is 2. The minimum atomic E-state index is 0.393. The van der Waals surface area contributed by atoms with Gasteiger partial charge in [0.1, 0.15) is 0 Å². The topological polar surface area (TPSA) is 32.3 Å². The Labute approximate surface area is 99.8 Å². The first-order valence-corrected chi connectivity index (χ1v) is 7.14. The molecule has 2 nitrogen and oxygen atoms in total. The zero-order valence-corrected chi connectivity index (χ0v) is 10.6. The molecule has 0 bridgehead atoms. The van der Waals surface area contributed by atoms with Gasteiger partial charge in [-0.3, -0.25) is 0 Å². The van der Waals surface area contributed by atoms with Crippen molar-refractivity contribution in [1.29, 1.82) is 0 Å². The smallest absolute Gasteiger partial charge is 0.0462 e. The molecule has 0 aromatic rings. The van der Waals surface area contributed by atoms with Crippen LogP contribution < -0.4 is 5.32 Å². The Morgan fingerprint density at radius 2 is 2.06 bits per heavy atom. The zero-order valence-electron chi connectivity index (χ0n) is 10.6. The lowest BCUT2D eigenvalue weighted by Crippen LogP contribution is -2.28. The van der Waals surface area contributed by atoms with Gasteiger partial charge in [0.15, 0.2) is 0 Å². The van der Waals surface area contributed by atoms with Crippen LogP contribution in [-0.2, 0) is 0 Å². The Kier molecular flexibility index (Phi) is 4.66. The van der Waals surface area contributed by atoms with Gasteiger partial charge in [0, 0.05) is 12.6 Å². The summed E-state index contributed by atoms with van der Waals surface area (Å²) in [6.07, 6.45) is 9.36. The van der Waals surface area contributed by atoms with E-state index in [1.54, 1.807) is 0 Å². The van der Waals surface area contributed by atoms with Crippen LogP contribution in [0.2, 0.25) is 0 Å². The van der Waals surface area contributed by atoms with Crippen LogP contribution in [0.25, 0.3) is 0 Å². The second-order valence-electron chi connectivity index (χ2n) is 5.99. The van der Waals surface area contributed by atoms with Crippen molar-refractivity contribution in [2.75, 3.05) is 13.2 Å². The second kappa shape index (κ2) is 6.02. The highest BCUT2D eigenvalue weighted by molar-refractivity contribution is 4.82. The second-order valence-corrected chi connectivity index (χ2v) is 5.99. The highest BCUT2D eigenvalue weighted by Crippen LogP contribution is 2.34. The Morgan fingerprint density at radius 1 is 1.25 bits per heavy atom. The fourth-order valence-corrected chi connectivity index (χ4v) is 3.15. The average Bonchev–Trinajstić information content (AvgIpc) is 3.08. The molecule has 0 aliphatic heterocycles. The largest absolute Gasteiger partial charge is 0.396 e. The van der Waals surface area contributed by atoms with Crippen molar-refractivity contribution in [1.82, 2.24) is 5.32 Å². The summed E-state index contributed by atoms with van der Waals surface area (Å²) in [5.41, 5.74) is 0. The van der Waals surface area contributed by atoms with Gasteiger partial charge in [-0.2, -0.15) is 0 Å². The lowest BCUT2D eigenvalue weighted by atomic mass is 9.75. The van der Waals surface area contributed by atoms with Crippen LogP contribution in [0, 0.1) is 17.8 Å². The van der Waals surface area contributed by atoms with Crippen LogP contribution in [0.1, 0.15) is 51.9 Å². The summed E-state index contributed by atoms with van der Waals surface area (Å²) < 4.78 is 0. The van der Waals surface area contributed by atoms with Crippen molar-refractivity contribution in [2.24, 2.45) is 17.8 Å². The Morgan fingerprint density at radius 3 is 2.69 bits per heavy atom. The van der Waals surface area contributed by atoms with Crippen molar-refractivity contribution in [3.63, 3.8) is 0 Å². The molecule has 3 unspecified atom stereocenters. The molecular weight excluding hydrogens is 198 g/mol. The average molecular weight is 225 g/mol. The summed E-state index contributed by atoms with van der Waals surface area (Å²) in [6.45, 7) is 3.87. The van der Waals surface area contributed by atoms with Gasteiger partial charge in [0.25, 0.3) is 0 Å². The molecule has 2 rings (SSSR count). The van der Waals surface area contributed by atoms with E-state index in [4.69, 9.17) is 0 Å². The molecule has 0 aromatic carbocycles. The fraction of sp³-hybridized carbons (Fsp3) is 1.00. The molecule has 2 N–H and O–H groups in total. The minimum Gasteiger partial charge on any atom is -0.396 e. The summed E-state index contributed by atoms with van der Waals surface area (Å²) in [5, 5.41) is 13.1. The molecule has 0 aromatic heterocycles. The van der Waals surface area contributed by atoms with Crippen LogP contribution in [0.3, 0.4) is 0 Å². The van der Waals surface area contributed by atoms with Gasteiger partial charge in [-0.1, -0.05) is 26.2 Å². The first kappa shape index (κ1) is 12.4. The summed E-state index contributed by atoms with van der Waals surface area (Å²) >= 11 is 0. The number of nitrogens with one attached hydrogen (secondary N) is 1. The highest BCUT2D eigenvalue weighted by atomic mass is 16.3. The summed E-state index contributed by atoms with van der Waals surface area (Å²) in [5.74, 6) is 2.22. The van der Waals surface area contributed by atoms with Gasteiger partial charge in [-0.15, -0.1) is 0 Å². The standard InChI is InChI=1S/C14H27NO/c1-11-3-2-4-12(9-11)13(10-16)7-8-15-14-5-6-14/h11-16H,2-10H2,1H3.